The fraction of sp³-hybridized carbons (Fsp3) is 0.250. The van der Waals surface area contributed by atoms with Crippen LogP contribution in [0.4, 0.5) is 0 Å². The molecule has 0 heterocycles. The van der Waals surface area contributed by atoms with Crippen molar-refractivity contribution in [3.8, 4) is 0 Å². The van der Waals surface area contributed by atoms with Crippen molar-refractivity contribution >= 4 is 5.97 Å². The van der Waals surface area contributed by atoms with Crippen LogP contribution in [-0.4, -0.2) is 16.2 Å². The molecule has 1 rings (SSSR count). The molecule has 0 aliphatic rings. The Morgan fingerprint density at radius 2 is 1.93 bits per heavy atom. The van der Waals surface area contributed by atoms with Crippen LogP contribution in [0.25, 0.3) is 0 Å². The number of carboxylic acids is 1. The van der Waals surface area contributed by atoms with Crippen LogP contribution in [-0.2, 0) is 4.79 Å². The molecule has 1 aromatic rings. The van der Waals surface area contributed by atoms with Gasteiger partial charge in [0.05, 0.1) is 6.10 Å². The number of benzene rings is 1. The predicted octanol–water partition coefficient (Wildman–Crippen LogP) is 2.00. The maximum atomic E-state index is 10.9. The number of allylic oxidation sites excluding steroid dienone is 1. The first-order valence-corrected chi connectivity index (χ1v) is 4.75. The van der Waals surface area contributed by atoms with Crippen molar-refractivity contribution in [2.75, 3.05) is 0 Å². The van der Waals surface area contributed by atoms with E-state index in [1.807, 2.05) is 6.07 Å². The molecule has 0 saturated heterocycles. The largest absolute Gasteiger partial charge is 0.481 e. The van der Waals surface area contributed by atoms with Crippen LogP contribution < -0.4 is 0 Å². The molecular weight excluding hydrogens is 192 g/mol. The van der Waals surface area contributed by atoms with Gasteiger partial charge in [-0.2, -0.15) is 0 Å². The summed E-state index contributed by atoms with van der Waals surface area (Å²) in [4.78, 5) is 10.9. The van der Waals surface area contributed by atoms with Gasteiger partial charge < -0.3 is 10.2 Å². The Kier molecular flexibility index (Phi) is 4.06. The highest BCUT2D eigenvalue weighted by Gasteiger charge is 2.24. The molecule has 0 aliphatic carbocycles. The standard InChI is InChI=1S/C12H14O3/c1-2-6-10(12(14)15)11(13)9-7-4-3-5-8-9/h2-8,10-11,13H,1H3,(H,14,15)/b6-2+. The molecule has 0 aromatic heterocycles. The van der Waals surface area contributed by atoms with Gasteiger partial charge in [-0.05, 0) is 12.5 Å². The van der Waals surface area contributed by atoms with Crippen molar-refractivity contribution in [3.63, 3.8) is 0 Å². The third-order valence-electron chi connectivity index (χ3n) is 2.17. The molecule has 80 valence electrons. The van der Waals surface area contributed by atoms with Gasteiger partial charge in [-0.1, -0.05) is 42.5 Å². The predicted molar refractivity (Wildman–Crippen MR) is 57.3 cm³/mol. The van der Waals surface area contributed by atoms with E-state index in [9.17, 15) is 9.90 Å². The molecule has 2 unspecified atom stereocenters. The second-order valence-corrected chi connectivity index (χ2v) is 3.25. The molecule has 3 nitrogen and oxygen atoms in total. The van der Waals surface area contributed by atoms with Crippen molar-refractivity contribution in [1.29, 1.82) is 0 Å². The quantitative estimate of drug-likeness (QED) is 0.741. The summed E-state index contributed by atoms with van der Waals surface area (Å²) < 4.78 is 0. The van der Waals surface area contributed by atoms with E-state index < -0.39 is 18.0 Å². The zero-order valence-corrected chi connectivity index (χ0v) is 8.50. The molecule has 3 heteroatoms. The number of hydrogen-bond acceptors (Lipinski definition) is 2. The molecule has 1 aromatic carbocycles. The van der Waals surface area contributed by atoms with Crippen molar-refractivity contribution in [2.45, 2.75) is 13.0 Å². The number of carboxylic acid groups (broad SMARTS) is 1. The summed E-state index contributed by atoms with van der Waals surface area (Å²) in [6.07, 6.45) is 2.12. The summed E-state index contributed by atoms with van der Waals surface area (Å²) in [6, 6.07) is 8.79. The lowest BCUT2D eigenvalue weighted by atomic mass is 9.95. The molecule has 2 atom stereocenters. The molecule has 0 aliphatic heterocycles. The van der Waals surface area contributed by atoms with Crippen LogP contribution in [0.5, 0.6) is 0 Å². The van der Waals surface area contributed by atoms with Gasteiger partial charge in [-0.15, -0.1) is 0 Å². The summed E-state index contributed by atoms with van der Waals surface area (Å²) in [5.41, 5.74) is 0.614. The number of aliphatic hydroxyl groups is 1. The average molecular weight is 206 g/mol. The molecule has 2 N–H and O–H groups in total. The van der Waals surface area contributed by atoms with Crippen LogP contribution in [0.15, 0.2) is 42.5 Å². The van der Waals surface area contributed by atoms with Crippen LogP contribution in [0.2, 0.25) is 0 Å². The van der Waals surface area contributed by atoms with Crippen molar-refractivity contribution in [2.24, 2.45) is 5.92 Å². The molecule has 15 heavy (non-hydrogen) atoms. The molecule has 0 amide bonds. The minimum absolute atomic E-state index is 0.614. The Hall–Kier alpha value is -1.61. The Balaban J connectivity index is 2.90. The van der Waals surface area contributed by atoms with Gasteiger partial charge in [0.1, 0.15) is 5.92 Å². The van der Waals surface area contributed by atoms with Gasteiger partial charge in [0.15, 0.2) is 0 Å². The van der Waals surface area contributed by atoms with Gasteiger partial charge >= 0.3 is 5.97 Å². The van der Waals surface area contributed by atoms with E-state index in [0.717, 1.165) is 0 Å². The van der Waals surface area contributed by atoms with Gasteiger partial charge in [0.25, 0.3) is 0 Å². The summed E-state index contributed by atoms with van der Waals surface area (Å²) in [7, 11) is 0. The third-order valence-corrected chi connectivity index (χ3v) is 2.17. The van der Waals surface area contributed by atoms with Gasteiger partial charge in [0.2, 0.25) is 0 Å². The van der Waals surface area contributed by atoms with Crippen LogP contribution in [0.1, 0.15) is 18.6 Å². The zero-order chi connectivity index (χ0) is 11.3. The molecule has 0 fully saturated rings. The zero-order valence-electron chi connectivity index (χ0n) is 8.50. The number of aliphatic carboxylic acids is 1. The van der Waals surface area contributed by atoms with Gasteiger partial charge in [-0.25, -0.2) is 0 Å². The first-order valence-electron chi connectivity index (χ1n) is 4.75. The Morgan fingerprint density at radius 3 is 2.40 bits per heavy atom. The highest BCUT2D eigenvalue weighted by Crippen LogP contribution is 2.23. The van der Waals surface area contributed by atoms with Crippen LogP contribution >= 0.6 is 0 Å². The highest BCUT2D eigenvalue weighted by molar-refractivity contribution is 5.73. The van der Waals surface area contributed by atoms with Crippen molar-refractivity contribution in [3.05, 3.63) is 48.0 Å². The normalized spacial score (nSPS) is 15.1. The molecule has 0 bridgehead atoms. The summed E-state index contributed by atoms with van der Waals surface area (Å²) >= 11 is 0. The topological polar surface area (TPSA) is 57.5 Å². The van der Waals surface area contributed by atoms with E-state index in [0.29, 0.717) is 5.56 Å². The Bertz CT molecular complexity index is 343. The summed E-state index contributed by atoms with van der Waals surface area (Å²) in [6.45, 7) is 1.73. The van der Waals surface area contributed by atoms with Crippen molar-refractivity contribution in [1.82, 2.24) is 0 Å². The van der Waals surface area contributed by atoms with E-state index >= 15 is 0 Å². The maximum Gasteiger partial charge on any atom is 0.313 e. The number of rotatable bonds is 4. The smallest absolute Gasteiger partial charge is 0.313 e. The van der Waals surface area contributed by atoms with Crippen LogP contribution in [0, 0.1) is 5.92 Å². The van der Waals surface area contributed by atoms with Crippen molar-refractivity contribution < 1.29 is 15.0 Å². The minimum atomic E-state index is -1.02. The lowest BCUT2D eigenvalue weighted by Crippen LogP contribution is -2.19. The second kappa shape index (κ2) is 5.32. The summed E-state index contributed by atoms with van der Waals surface area (Å²) in [5.74, 6) is -1.91. The lowest BCUT2D eigenvalue weighted by molar-refractivity contribution is -0.143. The number of aliphatic hydroxyl groups excluding tert-OH is 1. The van der Waals surface area contributed by atoms with E-state index in [4.69, 9.17) is 5.11 Å². The average Bonchev–Trinajstić information content (AvgIpc) is 2.26. The SMILES string of the molecule is C/C=C/C(C(=O)O)C(O)c1ccccc1. The highest BCUT2D eigenvalue weighted by atomic mass is 16.4. The van der Waals surface area contributed by atoms with E-state index in [1.54, 1.807) is 37.3 Å². The molecule has 0 spiro atoms. The third kappa shape index (κ3) is 2.92. The Labute approximate surface area is 88.7 Å². The van der Waals surface area contributed by atoms with Gasteiger partial charge in [-0.3, -0.25) is 4.79 Å². The monoisotopic (exact) mass is 206 g/mol. The fourth-order valence-corrected chi connectivity index (χ4v) is 1.39. The maximum absolute atomic E-state index is 10.9. The first kappa shape index (κ1) is 11.5. The fourth-order valence-electron chi connectivity index (χ4n) is 1.39. The summed E-state index contributed by atoms with van der Waals surface area (Å²) in [5, 5.41) is 18.8. The minimum Gasteiger partial charge on any atom is -0.481 e. The lowest BCUT2D eigenvalue weighted by Gasteiger charge is -2.15. The van der Waals surface area contributed by atoms with Crippen LogP contribution in [0.3, 0.4) is 0 Å². The second-order valence-electron chi connectivity index (χ2n) is 3.25. The number of carbonyl (C=O) groups is 1. The van der Waals surface area contributed by atoms with E-state index in [1.165, 1.54) is 6.08 Å². The molecule has 0 saturated carbocycles. The van der Waals surface area contributed by atoms with E-state index in [2.05, 4.69) is 0 Å². The Morgan fingerprint density at radius 1 is 1.33 bits per heavy atom. The number of hydrogen-bond donors (Lipinski definition) is 2. The first-order chi connectivity index (χ1) is 7.16. The molecular formula is C12H14O3. The van der Waals surface area contributed by atoms with Gasteiger partial charge in [0, 0.05) is 0 Å². The molecule has 0 radical (unpaired) electrons. The van der Waals surface area contributed by atoms with E-state index in [-0.39, 0.29) is 0 Å².